The number of nitrogens with one attached hydrogen (secondary N) is 1. The second-order valence-electron chi connectivity index (χ2n) is 6.38. The first-order chi connectivity index (χ1) is 13.8. The average molecular weight is 387 g/mol. The molecule has 1 N–H and O–H groups in total. The van der Waals surface area contributed by atoms with Gasteiger partial charge in [-0.25, -0.2) is 4.98 Å². The quantitative estimate of drug-likeness (QED) is 0.473. The fraction of sp³-hybridized carbons (Fsp3) is 0.143. The van der Waals surface area contributed by atoms with Gasteiger partial charge in [0.15, 0.2) is 0 Å². The molecule has 7 heteroatoms. The van der Waals surface area contributed by atoms with Crippen LogP contribution < -0.4 is 10.1 Å². The van der Waals surface area contributed by atoms with Gasteiger partial charge >= 0.3 is 0 Å². The Bertz CT molecular complexity index is 1240. The highest BCUT2D eigenvalue weighted by molar-refractivity contribution is 7.18. The number of pyridine rings is 1. The summed E-state index contributed by atoms with van der Waals surface area (Å²) in [6.45, 7) is 3.13. The van der Waals surface area contributed by atoms with Crippen molar-refractivity contribution >= 4 is 49.5 Å². The van der Waals surface area contributed by atoms with Crippen molar-refractivity contribution in [1.29, 1.82) is 0 Å². The van der Waals surface area contributed by atoms with Crippen molar-refractivity contribution in [2.45, 2.75) is 6.92 Å². The molecule has 2 aromatic heterocycles. The lowest BCUT2D eigenvalue weighted by atomic mass is 10.1. The Balaban J connectivity index is 1.60. The minimum atomic E-state index is 0.516. The van der Waals surface area contributed by atoms with E-state index >= 15 is 0 Å². The van der Waals surface area contributed by atoms with Crippen LogP contribution >= 0.6 is 11.3 Å². The van der Waals surface area contributed by atoms with E-state index in [9.17, 15) is 0 Å². The number of hydrogen-bond donors (Lipinski definition) is 1. The zero-order valence-electron chi connectivity index (χ0n) is 15.2. The molecule has 0 saturated carbocycles. The number of benzene rings is 2. The van der Waals surface area contributed by atoms with Crippen molar-refractivity contribution in [2.75, 3.05) is 18.5 Å². The summed E-state index contributed by atoms with van der Waals surface area (Å²) in [6, 6.07) is 16.3. The summed E-state index contributed by atoms with van der Waals surface area (Å²) in [5.41, 5.74) is 3.74. The third kappa shape index (κ3) is 2.99. The summed E-state index contributed by atoms with van der Waals surface area (Å²) in [6.07, 6.45) is 0. The van der Waals surface area contributed by atoms with Crippen molar-refractivity contribution in [3.05, 3.63) is 59.5 Å². The zero-order valence-corrected chi connectivity index (χ0v) is 16.0. The van der Waals surface area contributed by atoms with Gasteiger partial charge in [-0.1, -0.05) is 18.2 Å². The van der Waals surface area contributed by atoms with Gasteiger partial charge in [0, 0.05) is 32.8 Å². The lowest BCUT2D eigenvalue weighted by molar-refractivity contribution is 0.340. The molecule has 2 aromatic carbocycles. The van der Waals surface area contributed by atoms with Crippen LogP contribution in [0.4, 0.5) is 11.5 Å². The Hall–Kier alpha value is -3.32. The number of nitrogens with zero attached hydrogens (tertiary/aromatic N) is 4. The second kappa shape index (κ2) is 7.01. The minimum Gasteiger partial charge on any atom is -0.494 e. The molecule has 0 unspecified atom stereocenters. The van der Waals surface area contributed by atoms with Crippen molar-refractivity contribution in [3.8, 4) is 5.75 Å². The Morgan fingerprint density at radius 3 is 2.93 bits per heavy atom. The molecule has 1 aliphatic rings. The number of fused-ring (bicyclic) bond motifs is 3. The Labute approximate surface area is 165 Å². The maximum Gasteiger partial charge on any atom is 0.139 e. The predicted octanol–water partition coefficient (Wildman–Crippen LogP) is 5.76. The number of ether oxygens (including phenoxy) is 1. The molecule has 1 aliphatic heterocycles. The molecule has 0 spiro atoms. The maximum atomic E-state index is 5.61. The molecular weight excluding hydrogens is 370 g/mol. The van der Waals surface area contributed by atoms with Gasteiger partial charge in [-0.3, -0.25) is 0 Å². The molecule has 4 aromatic rings. The molecule has 6 nitrogen and oxygen atoms in total. The van der Waals surface area contributed by atoms with Gasteiger partial charge in [0.1, 0.15) is 18.1 Å². The van der Waals surface area contributed by atoms with E-state index in [-0.39, 0.29) is 0 Å². The van der Waals surface area contributed by atoms with Gasteiger partial charge in [-0.15, -0.1) is 16.4 Å². The summed E-state index contributed by atoms with van der Waals surface area (Å²) < 4.78 is 6.82. The standard InChI is InChI=1S/C21H17N5OS/c1-2-27-15-5-3-4-14(11-15)23-21-17-8-9-28-20(17)16-7-6-13(10-18(16)24-21)19-12-22-26-25-19/h3-11H,2,12H2,1H3,(H,23,24). The van der Waals surface area contributed by atoms with Crippen LogP contribution in [-0.2, 0) is 0 Å². The highest BCUT2D eigenvalue weighted by Gasteiger charge is 2.13. The predicted molar refractivity (Wildman–Crippen MR) is 114 cm³/mol. The molecule has 28 heavy (non-hydrogen) atoms. The highest BCUT2D eigenvalue weighted by atomic mass is 32.1. The van der Waals surface area contributed by atoms with Crippen molar-refractivity contribution in [1.82, 2.24) is 4.98 Å². The van der Waals surface area contributed by atoms with E-state index in [1.165, 1.54) is 4.70 Å². The number of hydrogen-bond acceptors (Lipinski definition) is 7. The topological polar surface area (TPSA) is 71.2 Å². The molecule has 5 rings (SSSR count). The summed E-state index contributed by atoms with van der Waals surface area (Å²) in [4.78, 5) is 4.92. The van der Waals surface area contributed by atoms with Gasteiger partial charge in [-0.2, -0.15) is 5.11 Å². The first-order valence-corrected chi connectivity index (χ1v) is 9.94. The lowest BCUT2D eigenvalue weighted by Crippen LogP contribution is -2.02. The molecule has 0 fully saturated rings. The number of thiophene rings is 1. The minimum absolute atomic E-state index is 0.516. The number of anilines is 2. The number of rotatable bonds is 5. The van der Waals surface area contributed by atoms with E-state index in [0.29, 0.717) is 13.2 Å². The van der Waals surface area contributed by atoms with Gasteiger partial charge in [0.25, 0.3) is 0 Å². The van der Waals surface area contributed by atoms with Gasteiger partial charge in [0.05, 0.1) is 17.8 Å². The normalized spacial score (nSPS) is 13.2. The third-order valence-corrected chi connectivity index (χ3v) is 5.53. The molecule has 3 heterocycles. The fourth-order valence-electron chi connectivity index (χ4n) is 3.31. The summed E-state index contributed by atoms with van der Waals surface area (Å²) in [5.74, 6) is 1.67. The third-order valence-electron chi connectivity index (χ3n) is 4.59. The smallest absolute Gasteiger partial charge is 0.139 e. The molecular formula is C21H17N5OS. The van der Waals surface area contributed by atoms with Crippen LogP contribution in [0.15, 0.2) is 69.3 Å². The largest absolute Gasteiger partial charge is 0.494 e. The summed E-state index contributed by atoms with van der Waals surface area (Å²) >= 11 is 1.72. The van der Waals surface area contributed by atoms with Crippen LogP contribution in [0.25, 0.3) is 21.0 Å². The molecule has 0 saturated heterocycles. The molecule has 0 atom stereocenters. The number of aromatic nitrogens is 1. The van der Waals surface area contributed by atoms with Crippen LogP contribution in [0, 0.1) is 0 Å². The lowest BCUT2D eigenvalue weighted by Gasteiger charge is -2.11. The molecule has 0 bridgehead atoms. The van der Waals surface area contributed by atoms with Crippen molar-refractivity contribution < 1.29 is 4.74 Å². The monoisotopic (exact) mass is 387 g/mol. The summed E-state index contributed by atoms with van der Waals surface area (Å²) in [5, 5.41) is 19.6. The SMILES string of the molecule is CCOc1cccc(Nc2nc3cc(C4=NN=NC4)ccc3c3sccc23)c1. The Morgan fingerprint density at radius 2 is 2.07 bits per heavy atom. The van der Waals surface area contributed by atoms with E-state index in [4.69, 9.17) is 9.72 Å². The van der Waals surface area contributed by atoms with E-state index in [1.807, 2.05) is 31.2 Å². The first-order valence-electron chi connectivity index (χ1n) is 9.06. The van der Waals surface area contributed by atoms with Crippen LogP contribution in [0.1, 0.15) is 12.5 Å². The molecule has 0 radical (unpaired) electrons. The van der Waals surface area contributed by atoms with Crippen LogP contribution in [-0.4, -0.2) is 23.8 Å². The average Bonchev–Trinajstić information content (AvgIpc) is 3.41. The van der Waals surface area contributed by atoms with E-state index < -0.39 is 0 Å². The van der Waals surface area contributed by atoms with Crippen LogP contribution in [0.5, 0.6) is 5.75 Å². The molecule has 0 aliphatic carbocycles. The Morgan fingerprint density at radius 1 is 1.11 bits per heavy atom. The van der Waals surface area contributed by atoms with Gasteiger partial charge in [0.2, 0.25) is 0 Å². The molecule has 0 amide bonds. The van der Waals surface area contributed by atoms with E-state index in [0.717, 1.165) is 44.8 Å². The van der Waals surface area contributed by atoms with Crippen molar-refractivity contribution in [2.24, 2.45) is 15.4 Å². The summed E-state index contributed by atoms with van der Waals surface area (Å²) in [7, 11) is 0. The van der Waals surface area contributed by atoms with Crippen LogP contribution in [0.2, 0.25) is 0 Å². The maximum absolute atomic E-state index is 5.61. The van der Waals surface area contributed by atoms with E-state index in [1.54, 1.807) is 11.3 Å². The van der Waals surface area contributed by atoms with Gasteiger partial charge < -0.3 is 10.1 Å². The van der Waals surface area contributed by atoms with Crippen LogP contribution in [0.3, 0.4) is 0 Å². The van der Waals surface area contributed by atoms with Crippen molar-refractivity contribution in [3.63, 3.8) is 0 Å². The Kier molecular flexibility index (Phi) is 4.21. The zero-order chi connectivity index (χ0) is 18.9. The first kappa shape index (κ1) is 16.8. The van der Waals surface area contributed by atoms with Gasteiger partial charge in [-0.05, 0) is 41.8 Å². The second-order valence-corrected chi connectivity index (χ2v) is 7.29. The van der Waals surface area contributed by atoms with E-state index in [2.05, 4.69) is 50.4 Å². The highest BCUT2D eigenvalue weighted by Crippen LogP contribution is 2.35. The molecule has 138 valence electrons. The fourth-order valence-corrected chi connectivity index (χ4v) is 4.24.